The minimum Gasteiger partial charge on any atom is -0.494 e. The zero-order valence-electron chi connectivity index (χ0n) is 14.4. The SMILES string of the molecule is COc1ccc(C(=O)O[C@H](C)C(=O)NCCc2ccc(F)cc2)cc1F. The maximum absolute atomic E-state index is 13.6. The summed E-state index contributed by atoms with van der Waals surface area (Å²) in [6.45, 7) is 1.73. The Bertz CT molecular complexity index is 778. The molecule has 2 rings (SSSR count). The fourth-order valence-electron chi connectivity index (χ4n) is 2.20. The van der Waals surface area contributed by atoms with Gasteiger partial charge in [-0.3, -0.25) is 4.79 Å². The first-order valence-corrected chi connectivity index (χ1v) is 7.97. The summed E-state index contributed by atoms with van der Waals surface area (Å²) < 4.78 is 36.3. The number of amides is 1. The summed E-state index contributed by atoms with van der Waals surface area (Å²) in [7, 11) is 1.31. The van der Waals surface area contributed by atoms with Crippen LogP contribution in [0, 0.1) is 11.6 Å². The van der Waals surface area contributed by atoms with Crippen molar-refractivity contribution in [3.05, 3.63) is 65.2 Å². The molecule has 0 saturated heterocycles. The highest BCUT2D eigenvalue weighted by Crippen LogP contribution is 2.18. The van der Waals surface area contributed by atoms with Crippen molar-refractivity contribution in [3.8, 4) is 5.75 Å². The van der Waals surface area contributed by atoms with Crippen LogP contribution in [-0.2, 0) is 16.0 Å². The number of ether oxygens (including phenoxy) is 2. The van der Waals surface area contributed by atoms with E-state index in [0.717, 1.165) is 11.6 Å². The lowest BCUT2D eigenvalue weighted by Crippen LogP contribution is -2.36. The fourth-order valence-corrected chi connectivity index (χ4v) is 2.20. The molecule has 0 saturated carbocycles. The number of methoxy groups -OCH3 is 1. The summed E-state index contributed by atoms with van der Waals surface area (Å²) in [5.41, 5.74) is 0.847. The van der Waals surface area contributed by atoms with Gasteiger partial charge in [-0.1, -0.05) is 12.1 Å². The number of hydrogen-bond acceptors (Lipinski definition) is 4. The van der Waals surface area contributed by atoms with Gasteiger partial charge in [-0.25, -0.2) is 13.6 Å². The van der Waals surface area contributed by atoms with Crippen LogP contribution < -0.4 is 10.1 Å². The summed E-state index contributed by atoms with van der Waals surface area (Å²) in [5.74, 6) is -2.30. The highest BCUT2D eigenvalue weighted by atomic mass is 19.1. The molecule has 138 valence electrons. The van der Waals surface area contributed by atoms with Crippen molar-refractivity contribution in [1.82, 2.24) is 5.32 Å². The second-order valence-electron chi connectivity index (χ2n) is 5.56. The van der Waals surface area contributed by atoms with Crippen LogP contribution in [0.25, 0.3) is 0 Å². The van der Waals surface area contributed by atoms with Crippen molar-refractivity contribution in [2.24, 2.45) is 0 Å². The van der Waals surface area contributed by atoms with Crippen LogP contribution in [-0.4, -0.2) is 31.6 Å². The van der Waals surface area contributed by atoms with E-state index in [2.05, 4.69) is 5.32 Å². The van der Waals surface area contributed by atoms with Crippen LogP contribution in [0.4, 0.5) is 8.78 Å². The van der Waals surface area contributed by atoms with Gasteiger partial charge in [-0.2, -0.15) is 0 Å². The maximum Gasteiger partial charge on any atom is 0.339 e. The standard InChI is InChI=1S/C19H19F2NO4/c1-12(18(23)22-10-9-13-3-6-15(20)7-4-13)26-19(24)14-5-8-17(25-2)16(21)11-14/h3-8,11-12H,9-10H2,1-2H3,(H,22,23)/t12-/m1/s1. The summed E-state index contributed by atoms with van der Waals surface area (Å²) in [6.07, 6.45) is -0.531. The van der Waals surface area contributed by atoms with Gasteiger partial charge in [0, 0.05) is 6.54 Å². The molecule has 0 bridgehead atoms. The third-order valence-electron chi connectivity index (χ3n) is 3.67. The van der Waals surface area contributed by atoms with Crippen molar-refractivity contribution in [2.45, 2.75) is 19.4 Å². The van der Waals surface area contributed by atoms with E-state index in [1.807, 2.05) is 0 Å². The van der Waals surface area contributed by atoms with E-state index in [4.69, 9.17) is 9.47 Å². The van der Waals surface area contributed by atoms with Crippen molar-refractivity contribution >= 4 is 11.9 Å². The van der Waals surface area contributed by atoms with Crippen LogP contribution in [0.2, 0.25) is 0 Å². The molecule has 0 aliphatic carbocycles. The molecule has 1 amide bonds. The monoisotopic (exact) mass is 363 g/mol. The molecule has 0 heterocycles. The first-order chi connectivity index (χ1) is 12.4. The number of halogens is 2. The molecule has 0 fully saturated rings. The van der Waals surface area contributed by atoms with Crippen LogP contribution in [0.15, 0.2) is 42.5 Å². The number of hydrogen-bond donors (Lipinski definition) is 1. The second kappa shape index (κ2) is 8.94. The number of carbonyl (C=O) groups is 2. The van der Waals surface area contributed by atoms with Gasteiger partial charge in [0.2, 0.25) is 0 Å². The van der Waals surface area contributed by atoms with Gasteiger partial charge < -0.3 is 14.8 Å². The first kappa shape index (κ1) is 19.4. The average molecular weight is 363 g/mol. The predicted octanol–water partition coefficient (Wildman–Crippen LogP) is 2.88. The minimum atomic E-state index is -1.04. The third-order valence-corrected chi connectivity index (χ3v) is 3.67. The molecule has 2 aromatic rings. The van der Waals surface area contributed by atoms with Crippen molar-refractivity contribution < 1.29 is 27.8 Å². The van der Waals surface area contributed by atoms with Gasteiger partial charge >= 0.3 is 5.97 Å². The molecule has 7 heteroatoms. The highest BCUT2D eigenvalue weighted by Gasteiger charge is 2.19. The van der Waals surface area contributed by atoms with Gasteiger partial charge in [0.25, 0.3) is 5.91 Å². The Morgan fingerprint density at radius 3 is 2.42 bits per heavy atom. The Morgan fingerprint density at radius 2 is 1.81 bits per heavy atom. The van der Waals surface area contributed by atoms with Crippen LogP contribution in [0.1, 0.15) is 22.8 Å². The molecule has 5 nitrogen and oxygen atoms in total. The van der Waals surface area contributed by atoms with Crippen LogP contribution in [0.5, 0.6) is 5.75 Å². The number of carbonyl (C=O) groups excluding carboxylic acids is 2. The van der Waals surface area contributed by atoms with E-state index < -0.39 is 23.8 Å². The molecule has 0 unspecified atom stereocenters. The molecule has 1 N–H and O–H groups in total. The van der Waals surface area contributed by atoms with E-state index >= 15 is 0 Å². The lowest BCUT2D eigenvalue weighted by molar-refractivity contribution is -0.129. The summed E-state index contributed by atoms with van der Waals surface area (Å²) in [5, 5.41) is 2.63. The van der Waals surface area contributed by atoms with Gasteiger partial charge in [0.15, 0.2) is 17.7 Å². The largest absolute Gasteiger partial charge is 0.494 e. The summed E-state index contributed by atoms with van der Waals surface area (Å²) >= 11 is 0. The zero-order chi connectivity index (χ0) is 19.1. The minimum absolute atomic E-state index is 0.00753. The van der Waals surface area contributed by atoms with Crippen LogP contribution >= 0.6 is 0 Å². The molecule has 0 aliphatic rings. The number of benzene rings is 2. The van der Waals surface area contributed by atoms with Gasteiger partial charge in [0.1, 0.15) is 5.82 Å². The lowest BCUT2D eigenvalue weighted by Gasteiger charge is -2.14. The van der Waals surface area contributed by atoms with E-state index in [1.165, 1.54) is 38.3 Å². The molecule has 1 atom stereocenters. The first-order valence-electron chi connectivity index (χ1n) is 7.97. The van der Waals surface area contributed by atoms with Crippen molar-refractivity contribution in [2.75, 3.05) is 13.7 Å². The van der Waals surface area contributed by atoms with E-state index in [9.17, 15) is 18.4 Å². The summed E-state index contributed by atoms with van der Waals surface area (Å²) in [6, 6.07) is 9.58. The average Bonchev–Trinajstić information content (AvgIpc) is 2.63. The van der Waals surface area contributed by atoms with Gasteiger partial charge in [-0.15, -0.1) is 0 Å². The highest BCUT2D eigenvalue weighted by molar-refractivity contribution is 5.92. The smallest absolute Gasteiger partial charge is 0.339 e. The molecule has 0 aliphatic heterocycles. The maximum atomic E-state index is 13.6. The molecule has 0 radical (unpaired) electrons. The van der Waals surface area contributed by atoms with Crippen molar-refractivity contribution in [1.29, 1.82) is 0 Å². The lowest BCUT2D eigenvalue weighted by atomic mass is 10.1. The summed E-state index contributed by atoms with van der Waals surface area (Å²) in [4.78, 5) is 24.0. The van der Waals surface area contributed by atoms with Crippen LogP contribution in [0.3, 0.4) is 0 Å². The Kier molecular flexibility index (Phi) is 6.66. The van der Waals surface area contributed by atoms with Gasteiger partial charge in [-0.05, 0) is 49.2 Å². The Morgan fingerprint density at radius 1 is 1.12 bits per heavy atom. The Hall–Kier alpha value is -2.96. The zero-order valence-corrected chi connectivity index (χ0v) is 14.4. The Balaban J connectivity index is 1.83. The van der Waals surface area contributed by atoms with E-state index in [-0.39, 0.29) is 17.1 Å². The molecule has 0 aromatic heterocycles. The number of esters is 1. The quantitative estimate of drug-likeness (QED) is 0.769. The van der Waals surface area contributed by atoms with Gasteiger partial charge in [0.05, 0.1) is 12.7 Å². The third kappa shape index (κ3) is 5.27. The molecule has 2 aromatic carbocycles. The van der Waals surface area contributed by atoms with Crippen molar-refractivity contribution in [3.63, 3.8) is 0 Å². The fraction of sp³-hybridized carbons (Fsp3) is 0.263. The normalized spacial score (nSPS) is 11.5. The Labute approximate surface area is 149 Å². The topological polar surface area (TPSA) is 64.6 Å². The molecular weight excluding hydrogens is 344 g/mol. The van der Waals surface area contributed by atoms with E-state index in [0.29, 0.717) is 13.0 Å². The number of nitrogens with one attached hydrogen (secondary N) is 1. The predicted molar refractivity (Wildman–Crippen MR) is 90.9 cm³/mol. The van der Waals surface area contributed by atoms with E-state index in [1.54, 1.807) is 12.1 Å². The second-order valence-corrected chi connectivity index (χ2v) is 5.56. The molecule has 26 heavy (non-hydrogen) atoms. The molecular formula is C19H19F2NO4. The number of rotatable bonds is 7. The molecule has 0 spiro atoms.